The Labute approximate surface area is 149 Å². The topological polar surface area (TPSA) is 57.2 Å². The summed E-state index contributed by atoms with van der Waals surface area (Å²) in [5, 5.41) is 3.34. The van der Waals surface area contributed by atoms with Crippen LogP contribution in [0.25, 0.3) is 0 Å². The molecule has 1 aromatic carbocycles. The highest BCUT2D eigenvalue weighted by Crippen LogP contribution is 2.29. The zero-order valence-electron chi connectivity index (χ0n) is 14.6. The average Bonchev–Trinajstić information content (AvgIpc) is 3.38. The van der Waals surface area contributed by atoms with Gasteiger partial charge in [-0.2, -0.15) is 0 Å². The van der Waals surface area contributed by atoms with Gasteiger partial charge in [0.05, 0.1) is 6.10 Å². The number of carbonyl (C=O) groups excluding carboxylic acids is 1. The highest BCUT2D eigenvalue weighted by atomic mass is 16.6. The van der Waals surface area contributed by atoms with Crippen LogP contribution in [0.1, 0.15) is 32.1 Å². The van der Waals surface area contributed by atoms with Crippen molar-refractivity contribution in [1.29, 1.82) is 0 Å². The largest absolute Gasteiger partial charge is 0.371 e. The summed E-state index contributed by atoms with van der Waals surface area (Å²) < 4.78 is 5.51. The second-order valence-corrected chi connectivity index (χ2v) is 7.41. The minimum atomic E-state index is 0.0442. The smallest absolute Gasteiger partial charge is 0.248 e. The average molecular weight is 341 g/mol. The molecule has 1 amide bonds. The summed E-state index contributed by atoms with van der Waals surface area (Å²) in [4.78, 5) is 19.2. The lowest BCUT2D eigenvalue weighted by atomic mass is 9.95. The number of carbonyl (C=O) groups is 1. The second-order valence-electron chi connectivity index (χ2n) is 7.41. The number of benzene rings is 1. The van der Waals surface area contributed by atoms with E-state index in [1.807, 2.05) is 12.3 Å². The van der Waals surface area contributed by atoms with E-state index in [9.17, 15) is 4.79 Å². The molecule has 3 aliphatic rings. The van der Waals surface area contributed by atoms with Gasteiger partial charge in [0.2, 0.25) is 5.91 Å². The highest BCUT2D eigenvalue weighted by molar-refractivity contribution is 5.87. The van der Waals surface area contributed by atoms with Crippen molar-refractivity contribution in [2.24, 2.45) is 16.8 Å². The molecule has 4 atom stereocenters. The minimum Gasteiger partial charge on any atom is -0.371 e. The van der Waals surface area contributed by atoms with E-state index in [1.54, 1.807) is 0 Å². The molecule has 134 valence electrons. The molecule has 5 nitrogen and oxygen atoms in total. The van der Waals surface area contributed by atoms with Crippen molar-refractivity contribution in [3.8, 4) is 0 Å². The molecule has 0 saturated carbocycles. The standard InChI is InChI=1S/C20H27N3O2/c24-19(16-8-9-18-20(25-18)21-11-10-16)22-13-15-5-4-12-23(14-15)17-6-2-1-3-7-17/h1-3,6-7,13,15-16,18,20-21H,4-5,8-12,14H2. The predicted molar refractivity (Wildman–Crippen MR) is 98.9 cm³/mol. The van der Waals surface area contributed by atoms with Crippen molar-refractivity contribution >= 4 is 17.8 Å². The molecule has 1 aromatic rings. The van der Waals surface area contributed by atoms with Crippen molar-refractivity contribution in [2.75, 3.05) is 24.5 Å². The SMILES string of the molecule is O=C(N=CC1CCCN(c2ccccc2)C1)C1CCNC2OC2CC1. The van der Waals surface area contributed by atoms with Crippen LogP contribution in [0.15, 0.2) is 35.3 Å². The van der Waals surface area contributed by atoms with E-state index >= 15 is 0 Å². The van der Waals surface area contributed by atoms with Gasteiger partial charge in [0.15, 0.2) is 0 Å². The Bertz CT molecular complexity index is 619. The van der Waals surface area contributed by atoms with Crippen molar-refractivity contribution in [2.45, 2.75) is 44.4 Å². The Morgan fingerprint density at radius 2 is 2.08 bits per heavy atom. The van der Waals surface area contributed by atoms with Crippen LogP contribution >= 0.6 is 0 Å². The molecule has 25 heavy (non-hydrogen) atoms. The molecule has 1 N–H and O–H groups in total. The molecule has 0 spiro atoms. The maximum absolute atomic E-state index is 12.5. The Kier molecular flexibility index (Phi) is 5.13. The number of epoxide rings is 1. The molecular weight excluding hydrogens is 314 g/mol. The normalized spacial score (nSPS) is 32.7. The first-order valence-corrected chi connectivity index (χ1v) is 9.56. The van der Waals surface area contributed by atoms with Crippen LogP contribution in [-0.2, 0) is 9.53 Å². The minimum absolute atomic E-state index is 0.0442. The molecule has 3 fully saturated rings. The van der Waals surface area contributed by atoms with Gasteiger partial charge in [-0.25, -0.2) is 4.99 Å². The van der Waals surface area contributed by atoms with Crippen LogP contribution in [0, 0.1) is 11.8 Å². The molecule has 4 rings (SSSR count). The summed E-state index contributed by atoms with van der Waals surface area (Å²) in [5.41, 5.74) is 1.26. The molecule has 0 aromatic heterocycles. The maximum atomic E-state index is 12.5. The summed E-state index contributed by atoms with van der Waals surface area (Å²) >= 11 is 0. The van der Waals surface area contributed by atoms with Gasteiger partial charge in [0.1, 0.15) is 6.23 Å². The van der Waals surface area contributed by atoms with Gasteiger partial charge >= 0.3 is 0 Å². The number of para-hydroxylation sites is 1. The predicted octanol–water partition coefficient (Wildman–Crippen LogP) is 2.62. The lowest BCUT2D eigenvalue weighted by molar-refractivity contribution is -0.122. The summed E-state index contributed by atoms with van der Waals surface area (Å²) in [7, 11) is 0. The molecular formula is C20H27N3O2. The number of hydrogen-bond donors (Lipinski definition) is 1. The molecule has 3 heterocycles. The zero-order chi connectivity index (χ0) is 17.1. The number of aliphatic imine (C=N–C) groups is 1. The third-order valence-corrected chi connectivity index (χ3v) is 5.56. The summed E-state index contributed by atoms with van der Waals surface area (Å²) in [6, 6.07) is 10.5. The Hall–Kier alpha value is -1.72. The van der Waals surface area contributed by atoms with E-state index < -0.39 is 0 Å². The number of rotatable bonds is 3. The van der Waals surface area contributed by atoms with E-state index in [2.05, 4.69) is 39.5 Å². The van der Waals surface area contributed by atoms with Crippen molar-refractivity contribution in [3.63, 3.8) is 0 Å². The van der Waals surface area contributed by atoms with Gasteiger partial charge in [-0.15, -0.1) is 0 Å². The van der Waals surface area contributed by atoms with E-state index in [1.165, 1.54) is 5.69 Å². The molecule has 0 aliphatic carbocycles. The number of hydrogen-bond acceptors (Lipinski definition) is 4. The van der Waals surface area contributed by atoms with E-state index in [0.717, 1.165) is 51.7 Å². The van der Waals surface area contributed by atoms with Gasteiger partial charge < -0.3 is 9.64 Å². The van der Waals surface area contributed by atoms with Gasteiger partial charge in [-0.1, -0.05) is 18.2 Å². The molecule has 4 unspecified atom stereocenters. The van der Waals surface area contributed by atoms with Crippen molar-refractivity contribution in [1.82, 2.24) is 5.32 Å². The quantitative estimate of drug-likeness (QED) is 0.678. The lowest BCUT2D eigenvalue weighted by Crippen LogP contribution is -2.36. The number of piperidine rings is 1. The monoisotopic (exact) mass is 341 g/mol. The van der Waals surface area contributed by atoms with Crippen molar-refractivity contribution in [3.05, 3.63) is 30.3 Å². The highest BCUT2D eigenvalue weighted by Gasteiger charge is 2.40. The summed E-state index contributed by atoms with van der Waals surface area (Å²) in [5.74, 6) is 0.459. The number of anilines is 1. The van der Waals surface area contributed by atoms with Gasteiger partial charge in [-0.3, -0.25) is 10.1 Å². The first-order chi connectivity index (χ1) is 12.3. The van der Waals surface area contributed by atoms with Crippen LogP contribution < -0.4 is 10.2 Å². The second kappa shape index (κ2) is 7.67. The fourth-order valence-electron chi connectivity index (χ4n) is 3.99. The number of fused-ring (bicyclic) bond motifs is 1. The van der Waals surface area contributed by atoms with Crippen LogP contribution in [0.2, 0.25) is 0 Å². The number of nitrogens with one attached hydrogen (secondary N) is 1. The molecule has 0 bridgehead atoms. The Morgan fingerprint density at radius 1 is 1.20 bits per heavy atom. The first-order valence-electron chi connectivity index (χ1n) is 9.56. The van der Waals surface area contributed by atoms with E-state index in [-0.39, 0.29) is 18.1 Å². The first kappa shape index (κ1) is 16.7. The van der Waals surface area contributed by atoms with Crippen LogP contribution in [0.3, 0.4) is 0 Å². The molecule has 0 radical (unpaired) electrons. The molecule has 5 heteroatoms. The van der Waals surface area contributed by atoms with Gasteiger partial charge in [-0.05, 0) is 50.8 Å². The Morgan fingerprint density at radius 3 is 2.96 bits per heavy atom. The molecule has 3 aliphatic heterocycles. The van der Waals surface area contributed by atoms with Gasteiger partial charge in [0, 0.05) is 36.8 Å². The zero-order valence-corrected chi connectivity index (χ0v) is 14.6. The lowest BCUT2D eigenvalue weighted by Gasteiger charge is -2.32. The number of nitrogens with zero attached hydrogens (tertiary/aromatic N) is 2. The van der Waals surface area contributed by atoms with Crippen LogP contribution in [-0.4, -0.2) is 44.1 Å². The van der Waals surface area contributed by atoms with Gasteiger partial charge in [0.25, 0.3) is 0 Å². The van der Waals surface area contributed by atoms with Crippen LogP contribution in [0.4, 0.5) is 5.69 Å². The fraction of sp³-hybridized carbons (Fsp3) is 0.600. The third kappa shape index (κ3) is 4.28. The van der Waals surface area contributed by atoms with E-state index in [0.29, 0.717) is 12.0 Å². The summed E-state index contributed by atoms with van der Waals surface area (Å²) in [6.45, 7) is 2.88. The number of amides is 1. The number of ether oxygens (including phenoxy) is 1. The van der Waals surface area contributed by atoms with Crippen molar-refractivity contribution < 1.29 is 9.53 Å². The van der Waals surface area contributed by atoms with E-state index in [4.69, 9.17) is 4.74 Å². The molecule has 3 saturated heterocycles. The van der Waals surface area contributed by atoms with Crippen LogP contribution in [0.5, 0.6) is 0 Å². The summed E-state index contributed by atoms with van der Waals surface area (Å²) in [6.07, 6.45) is 7.47. The third-order valence-electron chi connectivity index (χ3n) is 5.56. The Balaban J connectivity index is 1.31. The maximum Gasteiger partial charge on any atom is 0.248 e. The fourth-order valence-corrected chi connectivity index (χ4v) is 3.99.